The molecule has 1 heterocycles. The third-order valence-corrected chi connectivity index (χ3v) is 2.29. The fraction of sp³-hybridized carbons (Fsp3) is 0.875. The number of rotatable bonds is 1. The summed E-state index contributed by atoms with van der Waals surface area (Å²) in [6.07, 6.45) is 2.24. The van der Waals surface area contributed by atoms with Crippen LogP contribution < -0.4 is 5.32 Å². The highest BCUT2D eigenvalue weighted by Crippen LogP contribution is 2.30. The van der Waals surface area contributed by atoms with Gasteiger partial charge in [-0.05, 0) is 12.8 Å². The normalized spacial score (nSPS) is 25.3. The van der Waals surface area contributed by atoms with Crippen LogP contribution in [0.5, 0.6) is 0 Å². The van der Waals surface area contributed by atoms with Gasteiger partial charge in [-0.3, -0.25) is 4.79 Å². The van der Waals surface area contributed by atoms with Crippen molar-refractivity contribution in [3.63, 3.8) is 0 Å². The predicted octanol–water partition coefficient (Wildman–Crippen LogP) is -0.157. The summed E-state index contributed by atoms with van der Waals surface area (Å²) in [6, 6.07) is 0. The van der Waals surface area contributed by atoms with Gasteiger partial charge in [-0.2, -0.15) is 0 Å². The number of hydrogen-bond donors (Lipinski definition) is 0. The molecule has 2 rings (SSSR count). The van der Waals surface area contributed by atoms with Crippen molar-refractivity contribution in [3.8, 4) is 0 Å². The Bertz CT molecular complexity index is 159. The van der Waals surface area contributed by atoms with Crippen LogP contribution in [0.1, 0.15) is 12.8 Å². The predicted molar refractivity (Wildman–Crippen MR) is 41.2 cm³/mol. The van der Waals surface area contributed by atoms with Crippen LogP contribution in [0.4, 0.5) is 0 Å². The van der Waals surface area contributed by atoms with Gasteiger partial charge in [-0.1, -0.05) is 0 Å². The number of carbonyl (C=O) groups is 1. The van der Waals surface area contributed by atoms with E-state index in [9.17, 15) is 4.79 Å². The molecule has 61 valence electrons. The number of piperazine rings is 1. The topological polar surface area (TPSA) is 34.4 Å². The van der Waals surface area contributed by atoms with Gasteiger partial charge in [0.15, 0.2) is 0 Å². The monoisotopic (exact) mass is 153 g/mol. The molecule has 0 aromatic rings. The van der Waals surface area contributed by atoms with E-state index in [1.807, 2.05) is 4.90 Å². The molecule has 3 nitrogen and oxygen atoms in total. The minimum absolute atomic E-state index is 0.375. The molecule has 1 saturated heterocycles. The van der Waals surface area contributed by atoms with Gasteiger partial charge in [0.25, 0.3) is 0 Å². The quantitative estimate of drug-likeness (QED) is 0.515. The van der Waals surface area contributed by atoms with Crippen molar-refractivity contribution in [2.45, 2.75) is 12.8 Å². The van der Waals surface area contributed by atoms with Crippen molar-refractivity contribution >= 4 is 5.91 Å². The van der Waals surface area contributed by atoms with E-state index in [4.69, 9.17) is 0 Å². The first-order chi connectivity index (χ1) is 5.38. The van der Waals surface area contributed by atoms with Crippen LogP contribution in [-0.2, 0) is 4.79 Å². The summed E-state index contributed by atoms with van der Waals surface area (Å²) < 4.78 is 0. The molecule has 1 radical (unpaired) electrons. The Kier molecular flexibility index (Phi) is 1.82. The lowest BCUT2D eigenvalue weighted by molar-refractivity contribution is -0.133. The highest BCUT2D eigenvalue weighted by Gasteiger charge is 2.33. The fourth-order valence-corrected chi connectivity index (χ4v) is 1.42. The summed E-state index contributed by atoms with van der Waals surface area (Å²) >= 11 is 0. The Hall–Kier alpha value is -0.570. The van der Waals surface area contributed by atoms with Crippen molar-refractivity contribution in [1.29, 1.82) is 0 Å². The second kappa shape index (κ2) is 2.81. The summed E-state index contributed by atoms with van der Waals surface area (Å²) in [5.74, 6) is 0.757. The van der Waals surface area contributed by atoms with Crippen LogP contribution in [0.2, 0.25) is 0 Å². The molecule has 1 amide bonds. The highest BCUT2D eigenvalue weighted by atomic mass is 16.2. The molecule has 11 heavy (non-hydrogen) atoms. The average Bonchev–Trinajstić information content (AvgIpc) is 2.87. The molecule has 2 fully saturated rings. The lowest BCUT2D eigenvalue weighted by Crippen LogP contribution is -2.44. The molecule has 0 atom stereocenters. The minimum Gasteiger partial charge on any atom is -0.340 e. The van der Waals surface area contributed by atoms with E-state index in [0.717, 1.165) is 39.0 Å². The summed E-state index contributed by atoms with van der Waals surface area (Å²) in [7, 11) is 0. The van der Waals surface area contributed by atoms with E-state index in [1.54, 1.807) is 0 Å². The summed E-state index contributed by atoms with van der Waals surface area (Å²) in [6.45, 7) is 3.40. The maximum Gasteiger partial charge on any atom is 0.225 e. The number of amides is 1. The molecule has 0 unspecified atom stereocenters. The van der Waals surface area contributed by atoms with Crippen LogP contribution in [0.3, 0.4) is 0 Å². The number of hydrogen-bond acceptors (Lipinski definition) is 1. The zero-order valence-corrected chi connectivity index (χ0v) is 6.62. The molecular weight excluding hydrogens is 140 g/mol. The van der Waals surface area contributed by atoms with Crippen molar-refractivity contribution in [1.82, 2.24) is 10.2 Å². The first-order valence-corrected chi connectivity index (χ1v) is 4.30. The average molecular weight is 153 g/mol. The molecule has 0 bridgehead atoms. The molecule has 0 N–H and O–H groups in total. The lowest BCUT2D eigenvalue weighted by atomic mass is 10.3. The summed E-state index contributed by atoms with van der Waals surface area (Å²) in [5.41, 5.74) is 0. The Morgan fingerprint density at radius 2 is 1.91 bits per heavy atom. The van der Waals surface area contributed by atoms with Gasteiger partial charge in [0.1, 0.15) is 0 Å². The van der Waals surface area contributed by atoms with E-state index in [2.05, 4.69) is 5.32 Å². The highest BCUT2D eigenvalue weighted by molar-refractivity contribution is 5.81. The second-order valence-electron chi connectivity index (χ2n) is 3.27. The molecular formula is C8H13N2O. The van der Waals surface area contributed by atoms with Crippen LogP contribution in [0, 0.1) is 5.92 Å². The molecule has 1 aliphatic heterocycles. The van der Waals surface area contributed by atoms with Crippen LogP contribution in [0.25, 0.3) is 0 Å². The smallest absolute Gasteiger partial charge is 0.225 e. The maximum absolute atomic E-state index is 11.4. The van der Waals surface area contributed by atoms with Crippen LogP contribution in [-0.4, -0.2) is 37.0 Å². The Morgan fingerprint density at radius 1 is 1.27 bits per heavy atom. The van der Waals surface area contributed by atoms with Crippen LogP contribution >= 0.6 is 0 Å². The van der Waals surface area contributed by atoms with E-state index >= 15 is 0 Å². The first-order valence-electron chi connectivity index (χ1n) is 4.30. The van der Waals surface area contributed by atoms with Crippen molar-refractivity contribution in [2.24, 2.45) is 5.92 Å². The molecule has 0 aromatic carbocycles. The van der Waals surface area contributed by atoms with E-state index < -0.39 is 0 Å². The lowest BCUT2D eigenvalue weighted by Gasteiger charge is -2.26. The second-order valence-corrected chi connectivity index (χ2v) is 3.27. The first kappa shape index (κ1) is 7.10. The van der Waals surface area contributed by atoms with E-state index in [-0.39, 0.29) is 0 Å². The molecule has 3 heteroatoms. The van der Waals surface area contributed by atoms with Crippen molar-refractivity contribution in [3.05, 3.63) is 0 Å². The van der Waals surface area contributed by atoms with Gasteiger partial charge in [-0.15, -0.1) is 0 Å². The SMILES string of the molecule is O=C(C1CC1)N1CC[N]CC1. The van der Waals surface area contributed by atoms with Crippen molar-refractivity contribution in [2.75, 3.05) is 26.2 Å². The fourth-order valence-electron chi connectivity index (χ4n) is 1.42. The van der Waals surface area contributed by atoms with Crippen LogP contribution in [0.15, 0.2) is 0 Å². The maximum atomic E-state index is 11.4. The van der Waals surface area contributed by atoms with E-state index in [0.29, 0.717) is 11.8 Å². The van der Waals surface area contributed by atoms with Gasteiger partial charge in [-0.25, -0.2) is 5.32 Å². The molecule has 0 spiro atoms. The third-order valence-electron chi connectivity index (χ3n) is 2.29. The Morgan fingerprint density at radius 3 is 2.45 bits per heavy atom. The molecule has 2 aliphatic rings. The summed E-state index contributed by atoms with van der Waals surface area (Å²) in [5, 5.41) is 4.20. The molecule has 0 aromatic heterocycles. The van der Waals surface area contributed by atoms with Crippen molar-refractivity contribution < 1.29 is 4.79 Å². The number of nitrogens with zero attached hydrogens (tertiary/aromatic N) is 2. The third kappa shape index (κ3) is 1.53. The largest absolute Gasteiger partial charge is 0.340 e. The molecule has 1 saturated carbocycles. The zero-order chi connectivity index (χ0) is 7.68. The Balaban J connectivity index is 1.86. The van der Waals surface area contributed by atoms with E-state index in [1.165, 1.54) is 0 Å². The minimum atomic E-state index is 0.375. The van der Waals surface area contributed by atoms with Gasteiger partial charge >= 0.3 is 0 Å². The Labute approximate surface area is 66.8 Å². The summed E-state index contributed by atoms with van der Waals surface area (Å²) in [4.78, 5) is 13.4. The van der Waals surface area contributed by atoms with Gasteiger partial charge in [0.2, 0.25) is 5.91 Å². The zero-order valence-electron chi connectivity index (χ0n) is 6.62. The standard InChI is InChI=1S/C8H13N2O/c11-8(7-1-2-7)10-5-3-9-4-6-10/h7H,1-6H2. The number of carbonyl (C=O) groups excluding carboxylic acids is 1. The van der Waals surface area contributed by atoms with Gasteiger partial charge in [0, 0.05) is 32.1 Å². The van der Waals surface area contributed by atoms with Gasteiger partial charge < -0.3 is 4.90 Å². The molecule has 1 aliphatic carbocycles. The van der Waals surface area contributed by atoms with Gasteiger partial charge in [0.05, 0.1) is 0 Å².